The number of allylic oxidation sites excluding steroid dienone is 2. The summed E-state index contributed by atoms with van der Waals surface area (Å²) in [5.41, 5.74) is 0.615. The van der Waals surface area contributed by atoms with Gasteiger partial charge in [0, 0.05) is 0 Å². The highest BCUT2D eigenvalue weighted by atomic mass is 16.6. The van der Waals surface area contributed by atoms with E-state index < -0.39 is 24.6 Å². The van der Waals surface area contributed by atoms with Crippen molar-refractivity contribution in [3.8, 4) is 12.3 Å². The molecule has 8 heteroatoms. The molecule has 2 unspecified atom stereocenters. The van der Waals surface area contributed by atoms with Gasteiger partial charge in [0.1, 0.15) is 13.2 Å². The summed E-state index contributed by atoms with van der Waals surface area (Å²) in [6, 6.07) is -0.540. The Kier molecular flexibility index (Phi) is 6.84. The molecule has 0 N–H and O–H groups in total. The molecule has 0 aromatic rings. The molecule has 2 rings (SSSR count). The number of amides is 3. The highest BCUT2D eigenvalue weighted by Gasteiger charge is 2.61. The van der Waals surface area contributed by atoms with Gasteiger partial charge in [-0.2, -0.15) is 0 Å². The van der Waals surface area contributed by atoms with E-state index in [0.29, 0.717) is 6.61 Å². The summed E-state index contributed by atoms with van der Waals surface area (Å²) >= 11 is 0. The molecule has 2 atom stereocenters. The maximum Gasteiger partial charge on any atom is 0.330 e. The third kappa shape index (κ3) is 4.71. The average molecular weight is 389 g/mol. The van der Waals surface area contributed by atoms with Crippen molar-refractivity contribution < 1.29 is 24.0 Å². The van der Waals surface area contributed by atoms with Gasteiger partial charge in [-0.15, -0.1) is 6.42 Å². The Labute approximate surface area is 165 Å². The van der Waals surface area contributed by atoms with Gasteiger partial charge in [0.15, 0.2) is 6.73 Å². The second kappa shape index (κ2) is 8.91. The molecular weight excluding hydrogens is 362 g/mol. The van der Waals surface area contributed by atoms with Crippen molar-refractivity contribution in [2.75, 3.05) is 26.4 Å². The lowest BCUT2D eigenvalue weighted by atomic mass is 10.1. The SMILES string of the molecule is C#CCN1CC(=O)N(COC(=O)C2C(C=C(C)/C=N/OCCC)C2(C)C)C1=O. The van der Waals surface area contributed by atoms with Crippen LogP contribution in [0.1, 0.15) is 34.1 Å². The van der Waals surface area contributed by atoms with Gasteiger partial charge in [-0.05, 0) is 30.3 Å². The molecule has 0 aromatic carbocycles. The van der Waals surface area contributed by atoms with Gasteiger partial charge in [-0.1, -0.05) is 37.9 Å². The van der Waals surface area contributed by atoms with Crippen molar-refractivity contribution in [2.24, 2.45) is 22.4 Å². The number of esters is 1. The zero-order valence-corrected chi connectivity index (χ0v) is 16.8. The lowest BCUT2D eigenvalue weighted by Crippen LogP contribution is -2.36. The highest BCUT2D eigenvalue weighted by molar-refractivity contribution is 6.02. The van der Waals surface area contributed by atoms with Crippen LogP contribution < -0.4 is 0 Å². The summed E-state index contributed by atoms with van der Waals surface area (Å²) in [6.45, 7) is 7.93. The van der Waals surface area contributed by atoms with Crippen LogP contribution >= 0.6 is 0 Å². The van der Waals surface area contributed by atoms with Crippen LogP contribution in [-0.2, 0) is 19.2 Å². The molecule has 1 aliphatic heterocycles. The number of hydrogen-bond acceptors (Lipinski definition) is 6. The number of ether oxygens (including phenoxy) is 1. The van der Waals surface area contributed by atoms with E-state index >= 15 is 0 Å². The number of carbonyl (C=O) groups excluding carboxylic acids is 3. The summed E-state index contributed by atoms with van der Waals surface area (Å²) in [7, 11) is 0. The number of rotatable bonds is 9. The minimum absolute atomic E-state index is 0.0134. The maximum absolute atomic E-state index is 12.5. The second-order valence-electron chi connectivity index (χ2n) is 7.56. The summed E-state index contributed by atoms with van der Waals surface area (Å²) in [4.78, 5) is 43.7. The van der Waals surface area contributed by atoms with E-state index in [2.05, 4.69) is 11.1 Å². The van der Waals surface area contributed by atoms with Crippen LogP contribution in [0, 0.1) is 29.6 Å². The topological polar surface area (TPSA) is 88.5 Å². The summed E-state index contributed by atoms with van der Waals surface area (Å²) in [5, 5.41) is 3.88. The smallest absolute Gasteiger partial charge is 0.330 e. The van der Waals surface area contributed by atoms with Crippen molar-refractivity contribution in [3.05, 3.63) is 11.6 Å². The molecule has 8 nitrogen and oxygen atoms in total. The molecular formula is C20H27N3O5. The lowest BCUT2D eigenvalue weighted by molar-refractivity contribution is -0.151. The van der Waals surface area contributed by atoms with Gasteiger partial charge in [0.05, 0.1) is 18.7 Å². The molecule has 1 saturated carbocycles. The number of urea groups is 1. The molecule has 1 saturated heterocycles. The van der Waals surface area contributed by atoms with E-state index in [1.807, 2.05) is 33.8 Å². The molecule has 1 heterocycles. The van der Waals surface area contributed by atoms with Gasteiger partial charge in [0.2, 0.25) is 0 Å². The van der Waals surface area contributed by atoms with Crippen LogP contribution in [0.4, 0.5) is 4.79 Å². The fraction of sp³-hybridized carbons (Fsp3) is 0.600. The number of hydrogen-bond donors (Lipinski definition) is 0. The first-order valence-corrected chi connectivity index (χ1v) is 9.27. The lowest BCUT2D eigenvalue weighted by Gasteiger charge is -2.15. The van der Waals surface area contributed by atoms with Gasteiger partial charge in [0.25, 0.3) is 5.91 Å². The van der Waals surface area contributed by atoms with Gasteiger partial charge in [-0.3, -0.25) is 9.59 Å². The monoisotopic (exact) mass is 389 g/mol. The van der Waals surface area contributed by atoms with Crippen LogP contribution in [0.2, 0.25) is 0 Å². The largest absolute Gasteiger partial charge is 0.443 e. The Morgan fingerprint density at radius 1 is 1.43 bits per heavy atom. The third-order valence-electron chi connectivity index (χ3n) is 4.98. The van der Waals surface area contributed by atoms with Gasteiger partial charge in [-0.25, -0.2) is 9.69 Å². The number of terminal acetylenes is 1. The van der Waals surface area contributed by atoms with Crippen LogP contribution in [0.5, 0.6) is 0 Å². The van der Waals surface area contributed by atoms with Crippen molar-refractivity contribution in [3.63, 3.8) is 0 Å². The van der Waals surface area contributed by atoms with Crippen LogP contribution in [0.15, 0.2) is 16.8 Å². The fourth-order valence-electron chi connectivity index (χ4n) is 3.20. The van der Waals surface area contributed by atoms with Crippen molar-refractivity contribution in [1.82, 2.24) is 9.80 Å². The third-order valence-corrected chi connectivity index (χ3v) is 4.98. The van der Waals surface area contributed by atoms with Crippen molar-refractivity contribution >= 4 is 24.1 Å². The van der Waals surface area contributed by atoms with Crippen LogP contribution in [-0.4, -0.2) is 60.3 Å². The number of nitrogens with zero attached hydrogens (tertiary/aromatic N) is 3. The molecule has 0 radical (unpaired) electrons. The molecule has 2 fully saturated rings. The summed E-state index contributed by atoms with van der Waals surface area (Å²) < 4.78 is 5.26. The molecule has 0 spiro atoms. The molecule has 0 bridgehead atoms. The molecule has 2 aliphatic rings. The van der Waals surface area contributed by atoms with Crippen LogP contribution in [0.25, 0.3) is 0 Å². The molecule has 152 valence electrons. The molecule has 1 aliphatic carbocycles. The molecule has 0 aromatic heterocycles. The zero-order chi connectivity index (χ0) is 20.9. The first-order valence-electron chi connectivity index (χ1n) is 9.27. The van der Waals surface area contributed by atoms with E-state index in [-0.39, 0.29) is 30.3 Å². The van der Waals surface area contributed by atoms with E-state index in [0.717, 1.165) is 16.9 Å². The zero-order valence-electron chi connectivity index (χ0n) is 16.8. The number of oxime groups is 1. The molecule has 3 amide bonds. The Bertz CT molecular complexity index is 735. The highest BCUT2D eigenvalue weighted by Crippen LogP contribution is 2.59. The van der Waals surface area contributed by atoms with E-state index in [4.69, 9.17) is 16.0 Å². The standard InChI is InChI=1S/C20H27N3O5/c1-6-8-22-12-16(24)23(19(22)26)13-27-18(25)17-15(20(17,4)5)10-14(3)11-21-28-9-7-2/h1,10-11,15,17H,7-9,12-13H2,2-5H3/b14-10?,21-11+. The van der Waals surface area contributed by atoms with Gasteiger partial charge < -0.3 is 14.5 Å². The quantitative estimate of drug-likeness (QED) is 0.150. The maximum atomic E-state index is 12.5. The van der Waals surface area contributed by atoms with E-state index in [9.17, 15) is 14.4 Å². The van der Waals surface area contributed by atoms with Gasteiger partial charge >= 0.3 is 12.0 Å². The number of imide groups is 1. The van der Waals surface area contributed by atoms with E-state index in [1.165, 1.54) is 4.90 Å². The first kappa shape index (κ1) is 21.5. The second-order valence-corrected chi connectivity index (χ2v) is 7.56. The van der Waals surface area contributed by atoms with Crippen molar-refractivity contribution in [2.45, 2.75) is 34.1 Å². The first-order chi connectivity index (χ1) is 13.2. The van der Waals surface area contributed by atoms with Crippen LogP contribution in [0.3, 0.4) is 0 Å². The predicted molar refractivity (Wildman–Crippen MR) is 103 cm³/mol. The predicted octanol–water partition coefficient (Wildman–Crippen LogP) is 2.02. The average Bonchev–Trinajstić information content (AvgIpc) is 3.05. The van der Waals surface area contributed by atoms with E-state index in [1.54, 1.807) is 6.21 Å². The minimum Gasteiger partial charge on any atom is -0.443 e. The Morgan fingerprint density at radius 2 is 2.14 bits per heavy atom. The Hall–Kier alpha value is -2.82. The fourth-order valence-corrected chi connectivity index (χ4v) is 3.20. The normalized spacial score (nSPS) is 23.9. The number of carbonyl (C=O) groups is 3. The summed E-state index contributed by atoms with van der Waals surface area (Å²) in [6.07, 6.45) is 9.64. The van der Waals surface area contributed by atoms with Crippen molar-refractivity contribution in [1.29, 1.82) is 0 Å². The Balaban J connectivity index is 1.90. The minimum atomic E-state index is -0.540. The molecule has 28 heavy (non-hydrogen) atoms. The Morgan fingerprint density at radius 3 is 2.79 bits per heavy atom. The summed E-state index contributed by atoms with van der Waals surface area (Å²) in [5.74, 6) is 1.10.